The van der Waals surface area contributed by atoms with Gasteiger partial charge in [-0.25, -0.2) is 4.79 Å². The Balaban J connectivity index is 5.64. The van der Waals surface area contributed by atoms with Crippen molar-refractivity contribution in [1.82, 2.24) is 0 Å². The molecule has 12 nitrogen and oxygen atoms in total. The quantitative estimate of drug-likeness (QED) is 0.0256. The van der Waals surface area contributed by atoms with E-state index in [0.29, 0.717) is 25.7 Å². The molecule has 1 atom stereocenters. The van der Waals surface area contributed by atoms with Crippen molar-refractivity contribution in [3.05, 3.63) is 48.6 Å². The van der Waals surface area contributed by atoms with E-state index in [9.17, 15) is 34.2 Å². The van der Waals surface area contributed by atoms with Crippen LogP contribution in [-0.2, 0) is 47.7 Å². The van der Waals surface area contributed by atoms with Gasteiger partial charge in [0.2, 0.25) is 0 Å². The van der Waals surface area contributed by atoms with Crippen molar-refractivity contribution in [2.75, 3.05) is 39.6 Å². The summed E-state index contributed by atoms with van der Waals surface area (Å²) >= 11 is 0. The largest absolute Gasteiger partial charge is 0.466 e. The third-order valence-electron chi connectivity index (χ3n) is 18.4. The highest BCUT2D eigenvalue weighted by Crippen LogP contribution is 2.26. The number of carbonyl (C=O) groups excluding carboxylic acids is 5. The zero-order valence-corrected chi connectivity index (χ0v) is 62.4. The third kappa shape index (κ3) is 63.4. The summed E-state index contributed by atoms with van der Waals surface area (Å²) in [6, 6.07) is 0. The molecule has 1 unspecified atom stereocenters. The highest BCUT2D eigenvalue weighted by Gasteiger charge is 2.44. The summed E-state index contributed by atoms with van der Waals surface area (Å²) in [4.78, 5) is 67.3. The van der Waals surface area contributed by atoms with Gasteiger partial charge in [-0.05, 0) is 89.9 Å². The molecule has 0 aromatic heterocycles. The fourth-order valence-corrected chi connectivity index (χ4v) is 11.8. The fraction of sp³-hybridized carbons (Fsp3) is 0.843. The molecule has 0 aliphatic heterocycles. The number of aliphatic hydroxyl groups excluding tert-OH is 1. The molecular weight excluding hydrogens is 1190 g/mol. The lowest BCUT2D eigenvalue weighted by atomic mass is 9.92. The molecule has 0 aliphatic carbocycles. The first-order valence-corrected chi connectivity index (χ1v) is 40.2. The van der Waals surface area contributed by atoms with E-state index in [1.165, 1.54) is 186 Å². The molecule has 0 radical (unpaired) electrons. The Hall–Kier alpha value is -3.77. The summed E-state index contributed by atoms with van der Waals surface area (Å²) in [5.41, 5.74) is -4.14. The van der Waals surface area contributed by atoms with Crippen LogP contribution >= 0.6 is 0 Å². The van der Waals surface area contributed by atoms with Gasteiger partial charge in [-0.1, -0.05) is 333 Å². The van der Waals surface area contributed by atoms with Crippen molar-refractivity contribution in [3.63, 3.8) is 0 Å². The lowest BCUT2D eigenvalue weighted by molar-refractivity contribution is -0.180. The minimum atomic E-state index is -2.60. The number of unbranched alkanes of at least 4 members (excludes halogenated alkanes) is 46. The Morgan fingerprint density at radius 2 is 0.526 bits per heavy atom. The molecule has 554 valence electrons. The van der Waals surface area contributed by atoms with Crippen LogP contribution in [0.4, 0.5) is 0 Å². The van der Waals surface area contributed by atoms with Gasteiger partial charge in [-0.15, -0.1) is 0 Å². The fourth-order valence-electron chi connectivity index (χ4n) is 11.8. The minimum absolute atomic E-state index is 0.0115. The van der Waals surface area contributed by atoms with Gasteiger partial charge in [0.25, 0.3) is 0 Å². The van der Waals surface area contributed by atoms with Crippen LogP contribution in [-0.4, -0.2) is 85.3 Å². The molecule has 0 saturated carbocycles. The average molecular weight is 1340 g/mol. The lowest BCUT2D eigenvalue weighted by Crippen LogP contribution is -2.46. The van der Waals surface area contributed by atoms with Gasteiger partial charge in [0, 0.05) is 12.8 Å². The monoisotopic (exact) mass is 1340 g/mol. The van der Waals surface area contributed by atoms with Crippen LogP contribution in [0.5, 0.6) is 0 Å². The Kier molecular flexibility index (Phi) is 68.7. The second kappa shape index (κ2) is 71.5. The molecule has 0 fully saturated rings. The van der Waals surface area contributed by atoms with E-state index in [1.807, 2.05) is 0 Å². The van der Waals surface area contributed by atoms with Crippen LogP contribution in [0.25, 0.3) is 0 Å². The van der Waals surface area contributed by atoms with Crippen molar-refractivity contribution in [2.24, 2.45) is 5.41 Å². The number of hydrogen-bond acceptors (Lipinski definition) is 12. The number of carbonyl (C=O) groups is 5. The summed E-state index contributed by atoms with van der Waals surface area (Å²) in [7, 11) is 0. The zero-order valence-electron chi connectivity index (χ0n) is 62.4. The first-order valence-electron chi connectivity index (χ1n) is 40.2. The van der Waals surface area contributed by atoms with E-state index in [0.717, 1.165) is 135 Å². The minimum Gasteiger partial charge on any atom is -0.466 e. The van der Waals surface area contributed by atoms with Crippen LogP contribution in [0.2, 0.25) is 0 Å². The number of ether oxygens (including phenoxy) is 5. The molecule has 0 rings (SSSR count). The lowest BCUT2D eigenvalue weighted by Gasteiger charge is -2.31. The number of rotatable bonds is 74. The van der Waals surface area contributed by atoms with Crippen molar-refractivity contribution < 1.29 is 57.9 Å². The average Bonchev–Trinajstić information content (AvgIpc) is 0.871. The summed E-state index contributed by atoms with van der Waals surface area (Å²) in [6.45, 7) is 7.02. The summed E-state index contributed by atoms with van der Waals surface area (Å²) in [6.07, 6.45) is 78.0. The number of esters is 5. The predicted octanol–water partition coefficient (Wildman–Crippen LogP) is 23.3. The SMILES string of the molecule is CCCCC/C=C\C/C=C\CCCCCCCC(=O)OCC(CO)(COC(=O)CCCCCCC/C=C\C/C=C\CCCCC)COC(=O)CC(O)(CC(=O)OCCCCCCCCCCCCCCCCCC)C(=O)OCCCCCCCCCCCCCCCCCC. The van der Waals surface area contributed by atoms with E-state index in [1.54, 1.807) is 0 Å². The molecule has 0 bridgehead atoms. The number of aliphatic hydroxyl groups is 2. The van der Waals surface area contributed by atoms with Gasteiger partial charge in [0.1, 0.15) is 19.8 Å². The molecule has 95 heavy (non-hydrogen) atoms. The normalized spacial score (nSPS) is 12.6. The molecule has 2 N–H and O–H groups in total. The first-order chi connectivity index (χ1) is 46.5. The zero-order chi connectivity index (χ0) is 69.3. The van der Waals surface area contributed by atoms with Crippen LogP contribution in [0.1, 0.15) is 400 Å². The van der Waals surface area contributed by atoms with E-state index in [2.05, 4.69) is 76.3 Å². The van der Waals surface area contributed by atoms with Gasteiger partial charge in [0.05, 0.1) is 38.1 Å². The maximum absolute atomic E-state index is 13.8. The van der Waals surface area contributed by atoms with Gasteiger partial charge < -0.3 is 33.9 Å². The highest BCUT2D eigenvalue weighted by molar-refractivity contribution is 5.90. The molecule has 0 heterocycles. The van der Waals surface area contributed by atoms with Crippen LogP contribution < -0.4 is 0 Å². The summed E-state index contributed by atoms with van der Waals surface area (Å²) in [5, 5.41) is 22.9. The Labute approximate surface area is 584 Å². The predicted molar refractivity (Wildman–Crippen MR) is 396 cm³/mol. The van der Waals surface area contributed by atoms with Crippen molar-refractivity contribution in [1.29, 1.82) is 0 Å². The van der Waals surface area contributed by atoms with E-state index in [-0.39, 0.29) is 26.1 Å². The number of hydrogen-bond donors (Lipinski definition) is 2. The first kappa shape index (κ1) is 91.2. The van der Waals surface area contributed by atoms with Crippen molar-refractivity contribution in [2.45, 2.75) is 406 Å². The molecule has 0 spiro atoms. The Bertz CT molecular complexity index is 1790. The molecule has 0 saturated heterocycles. The van der Waals surface area contributed by atoms with E-state index in [4.69, 9.17) is 23.7 Å². The van der Waals surface area contributed by atoms with Gasteiger partial charge in [-0.2, -0.15) is 0 Å². The van der Waals surface area contributed by atoms with Crippen molar-refractivity contribution >= 4 is 29.8 Å². The van der Waals surface area contributed by atoms with Gasteiger partial charge >= 0.3 is 29.8 Å². The molecule has 0 aromatic rings. The van der Waals surface area contributed by atoms with Gasteiger partial charge in [0.15, 0.2) is 5.60 Å². The molecular formula is C83H150O12. The standard InChI is InChI=1S/C83H150O12/c1-5-9-13-17-21-25-29-33-37-41-45-49-53-57-61-65-69-91-79(87)71-83(90,81(89)92-70-66-62-58-54-50-46-42-38-34-30-26-22-18-14-10-6-2)72-80(88)95-76-82(73-84,74-93-77(85)67-63-59-55-51-47-43-39-35-31-27-23-19-15-11-7-3)75-94-78(86)68-64-60-56-52-48-44-40-36-32-28-24-20-16-12-8-4/h23-24,27-28,35-36,39-40,84,90H,5-22,25-26,29-34,37-38,41-76H2,1-4H3/b27-23-,28-24-,39-35-,40-36-. The number of allylic oxidation sites excluding steroid dienone is 8. The Morgan fingerprint density at radius 3 is 0.842 bits per heavy atom. The second-order valence-corrected chi connectivity index (χ2v) is 27.9. The van der Waals surface area contributed by atoms with Gasteiger partial charge in [-0.3, -0.25) is 19.2 Å². The van der Waals surface area contributed by atoms with E-state index >= 15 is 0 Å². The molecule has 0 aliphatic rings. The smallest absolute Gasteiger partial charge is 0.339 e. The maximum Gasteiger partial charge on any atom is 0.339 e. The maximum atomic E-state index is 13.8. The molecule has 0 amide bonds. The van der Waals surface area contributed by atoms with Crippen LogP contribution in [0.3, 0.4) is 0 Å². The summed E-state index contributed by atoms with van der Waals surface area (Å²) in [5.74, 6) is -3.99. The topological polar surface area (TPSA) is 172 Å². The third-order valence-corrected chi connectivity index (χ3v) is 18.4. The van der Waals surface area contributed by atoms with Crippen LogP contribution in [0.15, 0.2) is 48.6 Å². The molecule has 12 heteroatoms. The second-order valence-electron chi connectivity index (χ2n) is 27.9. The van der Waals surface area contributed by atoms with E-state index < -0.39 is 80.1 Å². The van der Waals surface area contributed by atoms with Crippen molar-refractivity contribution in [3.8, 4) is 0 Å². The Morgan fingerprint density at radius 1 is 0.284 bits per heavy atom. The summed E-state index contributed by atoms with van der Waals surface area (Å²) < 4.78 is 28.2. The molecule has 0 aromatic carbocycles. The highest BCUT2D eigenvalue weighted by atomic mass is 16.6. The van der Waals surface area contributed by atoms with Crippen LogP contribution in [0, 0.1) is 5.41 Å².